The third kappa shape index (κ3) is 3.84. The van der Waals surface area contributed by atoms with Crippen molar-refractivity contribution in [3.05, 3.63) is 86.2 Å². The maximum absolute atomic E-state index is 12.9. The second-order valence-corrected chi connectivity index (χ2v) is 7.63. The monoisotopic (exact) mass is 395 g/mol. The van der Waals surface area contributed by atoms with Gasteiger partial charge in [0.2, 0.25) is 4.96 Å². The van der Waals surface area contributed by atoms with Gasteiger partial charge in [-0.1, -0.05) is 41.7 Å². The largest absolute Gasteiger partial charge is 0.291 e. The van der Waals surface area contributed by atoms with Crippen LogP contribution in [0.5, 0.6) is 0 Å². The Labute approximate surface area is 162 Å². The van der Waals surface area contributed by atoms with E-state index in [2.05, 4.69) is 10.1 Å². The van der Waals surface area contributed by atoms with E-state index in [1.54, 1.807) is 36.0 Å². The lowest BCUT2D eigenvalue weighted by Crippen LogP contribution is -2.23. The Kier molecular flexibility index (Phi) is 4.87. The van der Waals surface area contributed by atoms with Crippen LogP contribution < -0.4 is 10.1 Å². The van der Waals surface area contributed by atoms with Crippen LogP contribution in [0, 0.1) is 5.82 Å². The minimum atomic E-state index is -0.282. The first kappa shape index (κ1) is 17.6. The van der Waals surface area contributed by atoms with Crippen LogP contribution in [-0.2, 0) is 0 Å². The minimum absolute atomic E-state index is 0.183. The summed E-state index contributed by atoms with van der Waals surface area (Å²) in [4.78, 5) is 18.7. The minimum Gasteiger partial charge on any atom is -0.266 e. The SMILES string of the molecule is CSc1ccc(/C=c2/sc3nc(/C=C/c4ccc(F)cc4)nn3c2=O)cc1. The Morgan fingerprint density at radius 1 is 1.04 bits per heavy atom. The topological polar surface area (TPSA) is 47.3 Å². The number of thioether (sulfide) groups is 1. The Balaban J connectivity index is 1.64. The zero-order valence-corrected chi connectivity index (χ0v) is 15.9. The summed E-state index contributed by atoms with van der Waals surface area (Å²) in [5.74, 6) is 0.161. The normalized spacial score (nSPS) is 12.4. The highest BCUT2D eigenvalue weighted by atomic mass is 32.2. The Morgan fingerprint density at radius 3 is 2.41 bits per heavy atom. The third-order valence-corrected chi connectivity index (χ3v) is 5.61. The van der Waals surface area contributed by atoms with E-state index in [-0.39, 0.29) is 11.4 Å². The van der Waals surface area contributed by atoms with E-state index >= 15 is 0 Å². The van der Waals surface area contributed by atoms with Crippen molar-refractivity contribution in [3.63, 3.8) is 0 Å². The average Bonchev–Trinajstić information content (AvgIpc) is 3.21. The van der Waals surface area contributed by atoms with E-state index in [4.69, 9.17) is 0 Å². The fourth-order valence-corrected chi connectivity index (χ4v) is 3.84. The lowest BCUT2D eigenvalue weighted by Gasteiger charge is -1.95. The van der Waals surface area contributed by atoms with Gasteiger partial charge in [0.15, 0.2) is 5.82 Å². The molecular formula is C20H14FN3OS2. The fraction of sp³-hybridized carbons (Fsp3) is 0.0500. The highest BCUT2D eigenvalue weighted by molar-refractivity contribution is 7.98. The van der Waals surface area contributed by atoms with Gasteiger partial charge < -0.3 is 0 Å². The first-order valence-corrected chi connectivity index (χ1v) is 10.2. The summed E-state index contributed by atoms with van der Waals surface area (Å²) in [5.41, 5.74) is 1.61. The van der Waals surface area contributed by atoms with Gasteiger partial charge in [0, 0.05) is 4.90 Å². The predicted octanol–water partition coefficient (Wildman–Crippen LogP) is 3.73. The predicted molar refractivity (Wildman–Crippen MR) is 109 cm³/mol. The Hall–Kier alpha value is -2.77. The van der Waals surface area contributed by atoms with Crippen molar-refractivity contribution in [3.8, 4) is 0 Å². The molecule has 2 heterocycles. The second kappa shape index (κ2) is 7.46. The van der Waals surface area contributed by atoms with Gasteiger partial charge in [-0.05, 0) is 53.8 Å². The van der Waals surface area contributed by atoms with Gasteiger partial charge in [-0.3, -0.25) is 4.79 Å². The van der Waals surface area contributed by atoms with Crippen molar-refractivity contribution in [2.75, 3.05) is 6.26 Å². The molecule has 2 aromatic heterocycles. The van der Waals surface area contributed by atoms with E-state index in [1.807, 2.05) is 36.6 Å². The van der Waals surface area contributed by atoms with Crippen LogP contribution >= 0.6 is 23.1 Å². The van der Waals surface area contributed by atoms with Crippen LogP contribution in [0.2, 0.25) is 0 Å². The maximum Gasteiger partial charge on any atom is 0.291 e. The van der Waals surface area contributed by atoms with Crippen LogP contribution in [-0.4, -0.2) is 20.9 Å². The molecule has 27 heavy (non-hydrogen) atoms. The van der Waals surface area contributed by atoms with Crippen molar-refractivity contribution >= 4 is 46.3 Å². The number of hydrogen-bond acceptors (Lipinski definition) is 5. The molecule has 0 N–H and O–H groups in total. The highest BCUT2D eigenvalue weighted by Gasteiger charge is 2.08. The number of fused-ring (bicyclic) bond motifs is 1. The van der Waals surface area contributed by atoms with Crippen LogP contribution in [0.4, 0.5) is 4.39 Å². The molecule has 4 nitrogen and oxygen atoms in total. The van der Waals surface area contributed by atoms with Gasteiger partial charge in [0.1, 0.15) is 5.82 Å². The summed E-state index contributed by atoms with van der Waals surface area (Å²) in [6.45, 7) is 0. The molecule has 134 valence electrons. The summed E-state index contributed by atoms with van der Waals surface area (Å²) < 4.78 is 14.8. The van der Waals surface area contributed by atoms with Crippen LogP contribution in [0.15, 0.2) is 58.2 Å². The number of nitrogens with zero attached hydrogens (tertiary/aromatic N) is 3. The van der Waals surface area contributed by atoms with Gasteiger partial charge >= 0.3 is 0 Å². The van der Waals surface area contributed by atoms with Crippen molar-refractivity contribution in [2.24, 2.45) is 0 Å². The van der Waals surface area contributed by atoms with Gasteiger partial charge in [0.05, 0.1) is 4.53 Å². The number of benzene rings is 2. The van der Waals surface area contributed by atoms with Crippen molar-refractivity contribution in [1.82, 2.24) is 14.6 Å². The summed E-state index contributed by atoms with van der Waals surface area (Å²) in [7, 11) is 0. The van der Waals surface area contributed by atoms with Gasteiger partial charge in [-0.15, -0.1) is 16.9 Å². The number of rotatable bonds is 4. The van der Waals surface area contributed by atoms with E-state index in [0.717, 1.165) is 11.1 Å². The molecule has 0 fully saturated rings. The molecule has 0 unspecified atom stereocenters. The molecule has 0 radical (unpaired) electrons. The summed E-state index contributed by atoms with van der Waals surface area (Å²) in [5, 5.41) is 4.25. The van der Waals surface area contributed by atoms with E-state index in [0.29, 0.717) is 15.3 Å². The van der Waals surface area contributed by atoms with Crippen molar-refractivity contribution < 1.29 is 4.39 Å². The lowest BCUT2D eigenvalue weighted by atomic mass is 10.2. The molecule has 0 aliphatic carbocycles. The molecule has 0 saturated heterocycles. The number of halogens is 1. The Bertz CT molecular complexity index is 1230. The summed E-state index contributed by atoms with van der Waals surface area (Å²) in [6, 6.07) is 14.1. The fourth-order valence-electron chi connectivity index (χ4n) is 2.52. The molecule has 0 aliphatic rings. The molecule has 2 aromatic carbocycles. The van der Waals surface area contributed by atoms with Gasteiger partial charge in [-0.25, -0.2) is 4.39 Å². The molecule has 0 amide bonds. The molecule has 0 saturated carbocycles. The van der Waals surface area contributed by atoms with Gasteiger partial charge in [-0.2, -0.15) is 9.50 Å². The zero-order valence-electron chi connectivity index (χ0n) is 14.3. The van der Waals surface area contributed by atoms with E-state index < -0.39 is 0 Å². The van der Waals surface area contributed by atoms with E-state index in [9.17, 15) is 9.18 Å². The lowest BCUT2D eigenvalue weighted by molar-refractivity contribution is 0.628. The van der Waals surface area contributed by atoms with Crippen LogP contribution in [0.25, 0.3) is 23.2 Å². The molecule has 0 atom stereocenters. The molecule has 4 rings (SSSR count). The summed E-state index contributed by atoms with van der Waals surface area (Å²) >= 11 is 2.98. The van der Waals surface area contributed by atoms with Crippen molar-refractivity contribution in [1.29, 1.82) is 0 Å². The first-order chi connectivity index (χ1) is 13.1. The standard InChI is InChI=1S/C20H14FN3OS2/c1-26-16-9-4-14(5-10-16)12-17-19(25)24-20(27-17)22-18(23-24)11-6-13-2-7-15(21)8-3-13/h2-12H,1H3/b11-6+,17-12+. The number of aromatic nitrogens is 3. The first-order valence-electron chi connectivity index (χ1n) is 8.11. The van der Waals surface area contributed by atoms with Crippen LogP contribution in [0.1, 0.15) is 17.0 Å². The highest BCUT2D eigenvalue weighted by Crippen LogP contribution is 2.15. The molecule has 7 heteroatoms. The van der Waals surface area contributed by atoms with E-state index in [1.165, 1.54) is 32.9 Å². The van der Waals surface area contributed by atoms with Gasteiger partial charge in [0.25, 0.3) is 5.56 Å². The second-order valence-electron chi connectivity index (χ2n) is 5.74. The molecular weight excluding hydrogens is 381 g/mol. The van der Waals surface area contributed by atoms with Crippen LogP contribution in [0.3, 0.4) is 0 Å². The quantitative estimate of drug-likeness (QED) is 0.494. The smallest absolute Gasteiger partial charge is 0.266 e. The number of hydrogen-bond donors (Lipinski definition) is 0. The molecule has 0 aliphatic heterocycles. The molecule has 0 spiro atoms. The number of thiazole rings is 1. The Morgan fingerprint density at radius 2 is 1.74 bits per heavy atom. The summed E-state index contributed by atoms with van der Waals surface area (Å²) in [6.07, 6.45) is 7.36. The molecule has 0 bridgehead atoms. The average molecular weight is 395 g/mol. The maximum atomic E-state index is 12.9. The zero-order chi connectivity index (χ0) is 18.8. The molecule has 4 aromatic rings. The third-order valence-electron chi connectivity index (χ3n) is 3.91. The van der Waals surface area contributed by atoms with Crippen molar-refractivity contribution in [2.45, 2.75) is 4.90 Å².